The molecule has 0 spiro atoms. The summed E-state index contributed by atoms with van der Waals surface area (Å²) in [4.78, 5) is 32.3. The number of halogens is 3. The number of hydrogen-bond acceptors (Lipinski definition) is 6. The first-order valence-electron chi connectivity index (χ1n) is 12.8. The summed E-state index contributed by atoms with van der Waals surface area (Å²) >= 11 is 0. The van der Waals surface area contributed by atoms with Gasteiger partial charge in [-0.15, -0.1) is 0 Å². The minimum atomic E-state index is -4.44. The van der Waals surface area contributed by atoms with Gasteiger partial charge in [-0.3, -0.25) is 9.59 Å². The predicted molar refractivity (Wildman–Crippen MR) is 144 cm³/mol. The smallest absolute Gasteiger partial charge is 0.359 e. The molecule has 1 aliphatic heterocycles. The number of nitrogens with zero attached hydrogens (tertiary/aromatic N) is 4. The third-order valence-corrected chi connectivity index (χ3v) is 6.69. The third-order valence-electron chi connectivity index (χ3n) is 6.69. The molecule has 2 N–H and O–H groups in total. The van der Waals surface area contributed by atoms with Crippen molar-refractivity contribution in [2.75, 3.05) is 42.9 Å². The average Bonchev–Trinajstić information content (AvgIpc) is 2.94. The first-order valence-corrected chi connectivity index (χ1v) is 12.8. The van der Waals surface area contributed by atoms with Crippen LogP contribution >= 0.6 is 0 Å². The van der Waals surface area contributed by atoms with Crippen molar-refractivity contribution < 1.29 is 22.8 Å². The van der Waals surface area contributed by atoms with E-state index in [1.807, 2.05) is 49.4 Å². The van der Waals surface area contributed by atoms with Crippen molar-refractivity contribution in [3.63, 3.8) is 0 Å². The van der Waals surface area contributed by atoms with Gasteiger partial charge in [0.25, 0.3) is 0 Å². The summed E-state index contributed by atoms with van der Waals surface area (Å²) in [5.74, 6) is -0.537. The number of carbonyl (C=O) groups excluding carboxylic acids is 2. The number of piperazine rings is 1. The number of pyridine rings is 1. The van der Waals surface area contributed by atoms with Crippen molar-refractivity contribution in [1.29, 1.82) is 5.26 Å². The highest BCUT2D eigenvalue weighted by molar-refractivity contribution is 5.95. The number of benzene rings is 2. The van der Waals surface area contributed by atoms with Crippen molar-refractivity contribution in [2.24, 2.45) is 0 Å². The molecule has 8 nitrogen and oxygen atoms in total. The molecule has 1 fully saturated rings. The fraction of sp³-hybridized carbons (Fsp3) is 0.310. The molecular weight excluding hydrogens is 521 g/mol. The number of hydrogen-bond donors (Lipinski definition) is 2. The van der Waals surface area contributed by atoms with Crippen LogP contribution in [0.1, 0.15) is 35.6 Å². The number of alkyl halides is 3. The largest absolute Gasteiger partial charge is 0.406 e. The van der Waals surface area contributed by atoms with Crippen LogP contribution in [0.25, 0.3) is 0 Å². The fourth-order valence-corrected chi connectivity index (χ4v) is 4.46. The van der Waals surface area contributed by atoms with Gasteiger partial charge in [0.15, 0.2) is 0 Å². The first-order chi connectivity index (χ1) is 19.1. The van der Waals surface area contributed by atoms with E-state index in [-0.39, 0.29) is 31.5 Å². The van der Waals surface area contributed by atoms with Gasteiger partial charge in [0.1, 0.15) is 18.4 Å². The molecule has 40 heavy (non-hydrogen) atoms. The van der Waals surface area contributed by atoms with E-state index in [1.165, 1.54) is 6.20 Å². The van der Waals surface area contributed by atoms with E-state index in [0.717, 1.165) is 16.0 Å². The average molecular weight is 551 g/mol. The van der Waals surface area contributed by atoms with Gasteiger partial charge in [0.2, 0.25) is 11.8 Å². The Hall–Kier alpha value is -4.43. The number of aromatic nitrogens is 1. The number of anilines is 2. The van der Waals surface area contributed by atoms with E-state index in [2.05, 4.69) is 21.7 Å². The van der Waals surface area contributed by atoms with Crippen LogP contribution in [0.3, 0.4) is 0 Å². The van der Waals surface area contributed by atoms with Crippen LogP contribution in [-0.2, 0) is 9.59 Å². The molecule has 4 rings (SSSR count). The maximum atomic E-state index is 13.3. The SMILES string of the molecule is C[C@H](CN[C@H](C(=O)Nc1ccc(N2CCN(CC(F)(F)F)C(=O)C2)cn1)c1ccccc1)c1ccc(C#N)cc1. The number of amides is 2. The molecular formula is C29H29F3N6O2. The maximum absolute atomic E-state index is 13.3. The Bertz CT molecular complexity index is 1340. The monoisotopic (exact) mass is 550 g/mol. The Morgan fingerprint density at radius 1 is 1.05 bits per heavy atom. The second-order valence-corrected chi connectivity index (χ2v) is 9.63. The quantitative estimate of drug-likeness (QED) is 0.414. The van der Waals surface area contributed by atoms with E-state index in [0.29, 0.717) is 23.6 Å². The standard InChI is InChI=1S/C29H29F3N6O2/c1-20(22-9-7-21(15-33)8-10-22)16-35-27(23-5-3-2-4-6-23)28(40)36-25-12-11-24(17-34-25)37-13-14-38(26(39)18-37)19-29(30,31)32/h2-12,17,20,27,35H,13-14,16,18-19H2,1H3,(H,34,36,40)/t20-,27+/m1/s1. The molecule has 1 saturated heterocycles. The number of nitriles is 1. The normalized spacial score (nSPS) is 15.3. The van der Waals surface area contributed by atoms with Gasteiger partial charge in [-0.05, 0) is 41.3 Å². The van der Waals surface area contributed by atoms with Crippen molar-refractivity contribution >= 4 is 23.3 Å². The van der Waals surface area contributed by atoms with Gasteiger partial charge < -0.3 is 20.4 Å². The molecule has 208 valence electrons. The van der Waals surface area contributed by atoms with Gasteiger partial charge in [-0.2, -0.15) is 18.4 Å². The van der Waals surface area contributed by atoms with Gasteiger partial charge in [0.05, 0.1) is 30.1 Å². The molecule has 0 aliphatic carbocycles. The lowest BCUT2D eigenvalue weighted by atomic mass is 9.98. The van der Waals surface area contributed by atoms with E-state index >= 15 is 0 Å². The Morgan fingerprint density at radius 3 is 2.38 bits per heavy atom. The van der Waals surface area contributed by atoms with Crippen LogP contribution < -0.4 is 15.5 Å². The lowest BCUT2D eigenvalue weighted by Crippen LogP contribution is -2.53. The number of nitrogens with one attached hydrogen (secondary N) is 2. The van der Waals surface area contributed by atoms with Gasteiger partial charge in [0, 0.05) is 19.6 Å². The van der Waals surface area contributed by atoms with Crippen molar-refractivity contribution in [3.05, 3.63) is 89.6 Å². The minimum Gasteiger partial charge on any atom is -0.359 e. The Balaban J connectivity index is 1.39. The van der Waals surface area contributed by atoms with Gasteiger partial charge in [-0.25, -0.2) is 4.98 Å². The van der Waals surface area contributed by atoms with E-state index in [9.17, 15) is 22.8 Å². The van der Waals surface area contributed by atoms with Crippen LogP contribution in [0.2, 0.25) is 0 Å². The Labute approximate surface area is 230 Å². The van der Waals surface area contributed by atoms with Gasteiger partial charge in [-0.1, -0.05) is 49.4 Å². The summed E-state index contributed by atoms with van der Waals surface area (Å²) in [6.07, 6.45) is -2.95. The zero-order chi connectivity index (χ0) is 28.7. The van der Waals surface area contributed by atoms with E-state index in [1.54, 1.807) is 29.2 Å². The third kappa shape index (κ3) is 7.57. The summed E-state index contributed by atoms with van der Waals surface area (Å²) in [7, 11) is 0. The van der Waals surface area contributed by atoms with Crippen molar-refractivity contribution in [1.82, 2.24) is 15.2 Å². The van der Waals surface area contributed by atoms with E-state index < -0.39 is 24.7 Å². The number of rotatable bonds is 9. The summed E-state index contributed by atoms with van der Waals surface area (Å²) in [6, 6.07) is 21.3. The molecule has 2 amide bonds. The molecule has 0 radical (unpaired) electrons. The second-order valence-electron chi connectivity index (χ2n) is 9.63. The Kier molecular flexibility index (Phi) is 9.01. The molecule has 2 heterocycles. The van der Waals surface area contributed by atoms with Gasteiger partial charge >= 0.3 is 6.18 Å². The minimum absolute atomic E-state index is 0.0395. The molecule has 0 bridgehead atoms. The lowest BCUT2D eigenvalue weighted by molar-refractivity contribution is -0.161. The van der Waals surface area contributed by atoms with E-state index in [4.69, 9.17) is 5.26 Å². The molecule has 1 aliphatic rings. The molecule has 2 aromatic carbocycles. The highest BCUT2D eigenvalue weighted by atomic mass is 19.4. The van der Waals surface area contributed by atoms with Crippen LogP contribution in [0.15, 0.2) is 72.9 Å². The fourth-order valence-electron chi connectivity index (χ4n) is 4.46. The summed E-state index contributed by atoms with van der Waals surface area (Å²) < 4.78 is 38.0. The first kappa shape index (κ1) is 28.6. The highest BCUT2D eigenvalue weighted by Gasteiger charge is 2.35. The van der Waals surface area contributed by atoms with Crippen molar-refractivity contribution in [3.8, 4) is 6.07 Å². The van der Waals surface area contributed by atoms with Crippen LogP contribution in [0.4, 0.5) is 24.7 Å². The maximum Gasteiger partial charge on any atom is 0.406 e. The zero-order valence-corrected chi connectivity index (χ0v) is 21.9. The number of carbonyl (C=O) groups is 2. The summed E-state index contributed by atoms with van der Waals surface area (Å²) in [5.41, 5.74) is 2.97. The van der Waals surface area contributed by atoms with Crippen molar-refractivity contribution in [2.45, 2.75) is 25.1 Å². The topological polar surface area (TPSA) is 101 Å². The summed E-state index contributed by atoms with van der Waals surface area (Å²) in [5, 5.41) is 15.2. The lowest BCUT2D eigenvalue weighted by Gasteiger charge is -2.35. The molecule has 0 saturated carbocycles. The molecule has 2 atom stereocenters. The molecule has 0 unspecified atom stereocenters. The van der Waals surface area contributed by atoms with Crippen LogP contribution in [-0.4, -0.2) is 60.6 Å². The zero-order valence-electron chi connectivity index (χ0n) is 21.9. The van der Waals surface area contributed by atoms with Crippen LogP contribution in [0.5, 0.6) is 0 Å². The molecule has 3 aromatic rings. The highest BCUT2D eigenvalue weighted by Crippen LogP contribution is 2.23. The second kappa shape index (κ2) is 12.6. The predicted octanol–water partition coefficient (Wildman–Crippen LogP) is 4.24. The molecule has 1 aromatic heterocycles. The molecule has 11 heteroatoms. The summed E-state index contributed by atoms with van der Waals surface area (Å²) in [6.45, 7) is 1.29. The Morgan fingerprint density at radius 2 is 1.77 bits per heavy atom. The van der Waals surface area contributed by atoms with Crippen LogP contribution in [0, 0.1) is 11.3 Å².